The van der Waals surface area contributed by atoms with E-state index in [9.17, 15) is 29.6 Å². The minimum Gasteiger partial charge on any atom is -0.497 e. The maximum Gasteiger partial charge on any atom is 0.336 e. The van der Waals surface area contributed by atoms with E-state index in [0.29, 0.717) is 42.9 Å². The summed E-state index contributed by atoms with van der Waals surface area (Å²) in [6, 6.07) is 11.2. The number of hydrogen-bond donors (Lipinski definition) is 2. The molecule has 2 aromatic carbocycles. The number of carbonyl (C=O) groups is 2. The van der Waals surface area contributed by atoms with Crippen molar-refractivity contribution in [3.8, 4) is 5.75 Å². The topological polar surface area (TPSA) is 155 Å². The zero-order valence-electron chi connectivity index (χ0n) is 20.1. The molecule has 12 heteroatoms. The number of hydrogen-bond acceptors (Lipinski definition) is 9. The van der Waals surface area contributed by atoms with E-state index in [1.54, 1.807) is 35.2 Å². The smallest absolute Gasteiger partial charge is 0.336 e. The number of nitrogens with one attached hydrogen (secondary N) is 1. The van der Waals surface area contributed by atoms with Crippen LogP contribution in [0.15, 0.2) is 57.7 Å². The summed E-state index contributed by atoms with van der Waals surface area (Å²) >= 11 is 0. The Hall–Kier alpha value is -4.45. The number of nitro benzene ring substituents is 1. The first-order valence-corrected chi connectivity index (χ1v) is 11.6. The zero-order valence-corrected chi connectivity index (χ0v) is 20.1. The van der Waals surface area contributed by atoms with Gasteiger partial charge in [0.25, 0.3) is 5.69 Å². The lowest BCUT2D eigenvalue weighted by molar-refractivity contribution is -0.384. The van der Waals surface area contributed by atoms with Crippen molar-refractivity contribution in [1.29, 1.82) is 0 Å². The number of benzene rings is 2. The number of piperazine rings is 1. The Morgan fingerprint density at radius 1 is 1.14 bits per heavy atom. The van der Waals surface area contributed by atoms with Gasteiger partial charge in [-0.25, -0.2) is 4.79 Å². The lowest BCUT2D eigenvalue weighted by Gasteiger charge is -2.37. The van der Waals surface area contributed by atoms with Gasteiger partial charge in [0.05, 0.1) is 25.1 Å². The molecule has 3 aromatic rings. The molecule has 1 aliphatic heterocycles. The third kappa shape index (κ3) is 5.86. The van der Waals surface area contributed by atoms with E-state index < -0.39 is 35.0 Å². The summed E-state index contributed by atoms with van der Waals surface area (Å²) in [5.74, 6) is -0.446. The maximum absolute atomic E-state index is 13.0. The first-order chi connectivity index (χ1) is 17.8. The molecule has 2 amide bonds. The van der Waals surface area contributed by atoms with Crippen molar-refractivity contribution in [3.63, 3.8) is 0 Å². The molecule has 0 saturated carbocycles. The van der Waals surface area contributed by atoms with E-state index in [0.717, 1.165) is 5.69 Å². The van der Waals surface area contributed by atoms with Gasteiger partial charge in [-0.05, 0) is 29.8 Å². The van der Waals surface area contributed by atoms with E-state index in [1.165, 1.54) is 25.3 Å². The highest BCUT2D eigenvalue weighted by molar-refractivity contribution is 5.91. The Morgan fingerprint density at radius 3 is 2.46 bits per heavy atom. The van der Waals surface area contributed by atoms with Gasteiger partial charge in [0, 0.05) is 61.5 Å². The van der Waals surface area contributed by atoms with Crippen molar-refractivity contribution >= 4 is 34.2 Å². The standard InChI is InChI=1S/C25H26N4O8/c1-36-19-6-7-20-16(13-24(32)37-22(20)14-19)12-23(31)26-21(15-30)25(33)28-10-8-27(9-11-28)17-2-4-18(5-3-17)29(34)35/h2-7,13-14,21,30H,8-12,15H2,1H3,(H,26,31)/t21-/m0/s1. The number of aliphatic hydroxyl groups is 1. The number of nitrogens with zero attached hydrogens (tertiary/aromatic N) is 3. The number of aliphatic hydroxyl groups excluding tert-OH is 1. The second-order valence-corrected chi connectivity index (χ2v) is 8.52. The van der Waals surface area contributed by atoms with Crippen LogP contribution in [0.5, 0.6) is 5.75 Å². The minimum atomic E-state index is -1.13. The van der Waals surface area contributed by atoms with Crippen LogP contribution in [-0.2, 0) is 16.0 Å². The van der Waals surface area contributed by atoms with Gasteiger partial charge in [0.1, 0.15) is 17.4 Å². The van der Waals surface area contributed by atoms with Crippen LogP contribution in [0, 0.1) is 10.1 Å². The van der Waals surface area contributed by atoms with Crippen LogP contribution in [0.4, 0.5) is 11.4 Å². The number of rotatable bonds is 8. The maximum atomic E-state index is 13.0. The third-order valence-corrected chi connectivity index (χ3v) is 6.22. The zero-order chi connectivity index (χ0) is 26.5. The van der Waals surface area contributed by atoms with Crippen molar-refractivity contribution in [2.24, 2.45) is 0 Å². The van der Waals surface area contributed by atoms with Crippen molar-refractivity contribution in [1.82, 2.24) is 10.2 Å². The van der Waals surface area contributed by atoms with Crippen molar-refractivity contribution < 1.29 is 28.8 Å². The monoisotopic (exact) mass is 510 g/mol. The van der Waals surface area contributed by atoms with Crippen LogP contribution in [0.25, 0.3) is 11.0 Å². The van der Waals surface area contributed by atoms with E-state index >= 15 is 0 Å². The lowest BCUT2D eigenvalue weighted by atomic mass is 10.1. The first kappa shape index (κ1) is 25.6. The Bertz CT molecular complexity index is 1360. The van der Waals surface area contributed by atoms with Gasteiger partial charge in [0.2, 0.25) is 11.8 Å². The fourth-order valence-corrected chi connectivity index (χ4v) is 4.28. The molecule has 1 aliphatic rings. The van der Waals surface area contributed by atoms with Crippen molar-refractivity contribution in [2.45, 2.75) is 12.5 Å². The summed E-state index contributed by atoms with van der Waals surface area (Å²) in [6.45, 7) is 1.11. The number of carbonyl (C=O) groups excluding carboxylic acids is 2. The third-order valence-electron chi connectivity index (χ3n) is 6.22. The molecular formula is C25H26N4O8. The molecule has 194 valence electrons. The van der Waals surface area contributed by atoms with Gasteiger partial charge < -0.3 is 29.4 Å². The summed E-state index contributed by atoms with van der Waals surface area (Å²) < 4.78 is 10.3. The second-order valence-electron chi connectivity index (χ2n) is 8.52. The van der Waals surface area contributed by atoms with Crippen LogP contribution in [0.3, 0.4) is 0 Å². The average Bonchev–Trinajstić information content (AvgIpc) is 2.91. The van der Waals surface area contributed by atoms with Gasteiger partial charge in [-0.15, -0.1) is 0 Å². The van der Waals surface area contributed by atoms with Crippen LogP contribution in [-0.4, -0.2) is 72.7 Å². The van der Waals surface area contributed by atoms with Gasteiger partial charge in [-0.2, -0.15) is 0 Å². The molecule has 0 aliphatic carbocycles. The molecule has 2 heterocycles. The fourth-order valence-electron chi connectivity index (χ4n) is 4.28. The predicted molar refractivity (Wildman–Crippen MR) is 134 cm³/mol. The molecule has 1 fully saturated rings. The van der Waals surface area contributed by atoms with Gasteiger partial charge in [-0.1, -0.05) is 0 Å². The van der Waals surface area contributed by atoms with Crippen LogP contribution < -0.4 is 20.6 Å². The molecule has 1 saturated heterocycles. The van der Waals surface area contributed by atoms with Crippen LogP contribution in [0.1, 0.15) is 5.56 Å². The summed E-state index contributed by atoms with van der Waals surface area (Å²) in [6.07, 6.45) is -0.188. The molecule has 0 bridgehead atoms. The Labute approximate surface area is 211 Å². The molecule has 1 aromatic heterocycles. The molecule has 4 rings (SSSR count). The van der Waals surface area contributed by atoms with Crippen molar-refractivity contribution in [2.75, 3.05) is 44.8 Å². The molecule has 12 nitrogen and oxygen atoms in total. The Kier molecular flexibility index (Phi) is 7.68. The summed E-state index contributed by atoms with van der Waals surface area (Å²) in [4.78, 5) is 51.7. The largest absolute Gasteiger partial charge is 0.497 e. The predicted octanol–water partition coefficient (Wildman–Crippen LogP) is 1.08. The second kappa shape index (κ2) is 11.1. The normalized spacial score (nSPS) is 14.3. The summed E-state index contributed by atoms with van der Waals surface area (Å²) in [7, 11) is 1.48. The van der Waals surface area contributed by atoms with Gasteiger partial charge in [0.15, 0.2) is 0 Å². The average molecular weight is 511 g/mol. The van der Waals surface area contributed by atoms with Gasteiger partial charge in [-0.3, -0.25) is 19.7 Å². The molecule has 0 spiro atoms. The van der Waals surface area contributed by atoms with E-state index in [-0.39, 0.29) is 17.7 Å². The lowest BCUT2D eigenvalue weighted by Crippen LogP contribution is -2.56. The fraction of sp³-hybridized carbons (Fsp3) is 0.320. The van der Waals surface area contributed by atoms with Crippen LogP contribution >= 0.6 is 0 Å². The first-order valence-electron chi connectivity index (χ1n) is 11.6. The van der Waals surface area contributed by atoms with Crippen molar-refractivity contribution in [3.05, 3.63) is 74.6 Å². The number of amides is 2. The molecule has 1 atom stereocenters. The number of ether oxygens (including phenoxy) is 1. The van der Waals surface area contributed by atoms with E-state index in [4.69, 9.17) is 9.15 Å². The highest BCUT2D eigenvalue weighted by Crippen LogP contribution is 2.23. The number of methoxy groups -OCH3 is 1. The number of nitro groups is 1. The Morgan fingerprint density at radius 2 is 1.84 bits per heavy atom. The SMILES string of the molecule is COc1ccc2c(CC(=O)N[C@@H](CO)C(=O)N3CCN(c4ccc([N+](=O)[O-])cc4)CC3)cc(=O)oc2c1. The minimum absolute atomic E-state index is 0.00295. The Balaban J connectivity index is 1.37. The van der Waals surface area contributed by atoms with E-state index in [2.05, 4.69) is 5.32 Å². The molecule has 0 unspecified atom stereocenters. The van der Waals surface area contributed by atoms with Gasteiger partial charge >= 0.3 is 5.63 Å². The number of anilines is 1. The van der Waals surface area contributed by atoms with E-state index in [1.807, 2.05) is 4.90 Å². The molecular weight excluding hydrogens is 484 g/mol. The summed E-state index contributed by atoms with van der Waals surface area (Å²) in [5.41, 5.74) is 0.886. The van der Waals surface area contributed by atoms with Crippen LogP contribution in [0.2, 0.25) is 0 Å². The quantitative estimate of drug-likeness (QED) is 0.257. The highest BCUT2D eigenvalue weighted by atomic mass is 16.6. The highest BCUT2D eigenvalue weighted by Gasteiger charge is 2.28. The number of fused-ring (bicyclic) bond motifs is 1. The molecule has 2 N–H and O–H groups in total. The molecule has 37 heavy (non-hydrogen) atoms. The molecule has 0 radical (unpaired) electrons. The number of non-ortho nitro benzene ring substituents is 1. The summed E-state index contributed by atoms with van der Waals surface area (Å²) in [5, 5.41) is 23.8.